The number of hydrogen-bond acceptors (Lipinski definition) is 3. The summed E-state index contributed by atoms with van der Waals surface area (Å²) in [5, 5.41) is 0. The van der Waals surface area contributed by atoms with Gasteiger partial charge >= 0.3 is 0 Å². The molecule has 4 heteroatoms. The number of likely N-dealkylation sites (N-methyl/N-ethyl adjacent to an activating group) is 1. The van der Waals surface area contributed by atoms with Gasteiger partial charge in [-0.15, -0.1) is 0 Å². The maximum Gasteiger partial charge on any atom is 0.263 e. The van der Waals surface area contributed by atoms with Crippen LogP contribution in [0.2, 0.25) is 0 Å². The molecule has 0 saturated carbocycles. The summed E-state index contributed by atoms with van der Waals surface area (Å²) < 4.78 is 5.78. The molecular weight excluding hydrogens is 240 g/mol. The number of ether oxygens (including phenoxy) is 1. The van der Waals surface area contributed by atoms with Crippen molar-refractivity contribution in [2.24, 2.45) is 0 Å². The average molecular weight is 264 g/mol. The summed E-state index contributed by atoms with van der Waals surface area (Å²) in [6, 6.07) is 3.76. The fourth-order valence-corrected chi connectivity index (χ4v) is 1.97. The minimum absolute atomic E-state index is 0.0129. The summed E-state index contributed by atoms with van der Waals surface area (Å²) in [4.78, 5) is 13.9. The Morgan fingerprint density at radius 1 is 1.26 bits per heavy atom. The first kappa shape index (κ1) is 15.3. The molecule has 1 amide bonds. The predicted molar refractivity (Wildman–Crippen MR) is 78.3 cm³/mol. The SMILES string of the molecule is CCN(CC)C(=O)C(C)Oc1cc(C)c(N)cc1C. The molecule has 106 valence electrons. The Morgan fingerprint density at radius 2 is 1.84 bits per heavy atom. The first-order valence-corrected chi connectivity index (χ1v) is 6.72. The van der Waals surface area contributed by atoms with Crippen molar-refractivity contribution >= 4 is 11.6 Å². The third-order valence-electron chi connectivity index (χ3n) is 3.29. The molecule has 0 saturated heterocycles. The zero-order valence-electron chi connectivity index (χ0n) is 12.5. The number of rotatable bonds is 5. The van der Waals surface area contributed by atoms with Crippen LogP contribution < -0.4 is 10.5 Å². The summed E-state index contributed by atoms with van der Waals surface area (Å²) in [6.07, 6.45) is -0.485. The van der Waals surface area contributed by atoms with Crippen LogP contribution in [-0.4, -0.2) is 30.0 Å². The van der Waals surface area contributed by atoms with E-state index in [0.717, 1.165) is 22.6 Å². The largest absolute Gasteiger partial charge is 0.481 e. The van der Waals surface area contributed by atoms with Gasteiger partial charge in [-0.2, -0.15) is 0 Å². The van der Waals surface area contributed by atoms with Gasteiger partial charge in [0, 0.05) is 18.8 Å². The number of amides is 1. The number of carbonyl (C=O) groups is 1. The van der Waals surface area contributed by atoms with E-state index in [0.29, 0.717) is 13.1 Å². The zero-order valence-corrected chi connectivity index (χ0v) is 12.5. The summed E-state index contributed by atoms with van der Waals surface area (Å²) >= 11 is 0. The number of aryl methyl sites for hydroxylation is 2. The van der Waals surface area contributed by atoms with E-state index in [4.69, 9.17) is 10.5 Å². The van der Waals surface area contributed by atoms with Crippen LogP contribution in [-0.2, 0) is 4.79 Å². The topological polar surface area (TPSA) is 55.6 Å². The molecule has 1 aromatic rings. The van der Waals surface area contributed by atoms with Gasteiger partial charge in [-0.05, 0) is 57.9 Å². The van der Waals surface area contributed by atoms with Crippen LogP contribution in [0.25, 0.3) is 0 Å². The fourth-order valence-electron chi connectivity index (χ4n) is 1.97. The van der Waals surface area contributed by atoms with E-state index in [9.17, 15) is 4.79 Å². The van der Waals surface area contributed by atoms with Crippen molar-refractivity contribution in [2.45, 2.75) is 40.7 Å². The predicted octanol–water partition coefficient (Wildman–Crippen LogP) is 2.52. The number of carbonyl (C=O) groups excluding carboxylic acids is 1. The van der Waals surface area contributed by atoms with Crippen LogP contribution >= 0.6 is 0 Å². The molecule has 0 aliphatic rings. The number of nitrogens with zero attached hydrogens (tertiary/aromatic N) is 1. The van der Waals surface area contributed by atoms with Crippen LogP contribution in [0.15, 0.2) is 12.1 Å². The van der Waals surface area contributed by atoms with Crippen molar-refractivity contribution in [3.63, 3.8) is 0 Å². The van der Waals surface area contributed by atoms with E-state index in [1.165, 1.54) is 0 Å². The smallest absolute Gasteiger partial charge is 0.263 e. The highest BCUT2D eigenvalue weighted by molar-refractivity contribution is 5.80. The molecule has 1 rings (SSSR count). The van der Waals surface area contributed by atoms with E-state index in [1.54, 1.807) is 11.8 Å². The van der Waals surface area contributed by atoms with Crippen molar-refractivity contribution < 1.29 is 9.53 Å². The molecule has 1 aromatic carbocycles. The Balaban J connectivity index is 2.85. The van der Waals surface area contributed by atoms with Gasteiger partial charge in [0.05, 0.1) is 0 Å². The lowest BCUT2D eigenvalue weighted by Gasteiger charge is -2.24. The Kier molecular flexibility index (Phi) is 5.21. The average Bonchev–Trinajstić information content (AvgIpc) is 2.37. The molecule has 2 N–H and O–H groups in total. The molecule has 4 nitrogen and oxygen atoms in total. The van der Waals surface area contributed by atoms with Gasteiger partial charge in [0.25, 0.3) is 5.91 Å². The van der Waals surface area contributed by atoms with E-state index < -0.39 is 6.10 Å². The molecule has 0 spiro atoms. The highest BCUT2D eigenvalue weighted by Gasteiger charge is 2.20. The molecular formula is C15H24N2O2. The van der Waals surface area contributed by atoms with Gasteiger partial charge in [-0.3, -0.25) is 4.79 Å². The quantitative estimate of drug-likeness (QED) is 0.831. The summed E-state index contributed by atoms with van der Waals surface area (Å²) in [6.45, 7) is 11.0. The van der Waals surface area contributed by atoms with Gasteiger partial charge in [0.15, 0.2) is 6.10 Å². The monoisotopic (exact) mass is 264 g/mol. The first-order valence-electron chi connectivity index (χ1n) is 6.72. The van der Waals surface area contributed by atoms with Gasteiger partial charge in [0.2, 0.25) is 0 Å². The Bertz CT molecular complexity index is 454. The lowest BCUT2D eigenvalue weighted by atomic mass is 10.1. The normalized spacial score (nSPS) is 12.1. The van der Waals surface area contributed by atoms with Crippen molar-refractivity contribution in [3.8, 4) is 5.75 Å². The van der Waals surface area contributed by atoms with Crippen molar-refractivity contribution in [1.29, 1.82) is 0 Å². The van der Waals surface area contributed by atoms with Crippen molar-refractivity contribution in [2.75, 3.05) is 18.8 Å². The number of nitrogen functional groups attached to an aromatic ring is 1. The summed E-state index contributed by atoms with van der Waals surface area (Å²) in [7, 11) is 0. The van der Waals surface area contributed by atoms with Gasteiger partial charge < -0.3 is 15.4 Å². The van der Waals surface area contributed by atoms with Crippen LogP contribution in [0, 0.1) is 13.8 Å². The van der Waals surface area contributed by atoms with Crippen molar-refractivity contribution in [1.82, 2.24) is 4.90 Å². The van der Waals surface area contributed by atoms with Gasteiger partial charge in [-0.1, -0.05) is 0 Å². The maximum atomic E-state index is 12.1. The first-order chi connectivity index (χ1) is 8.90. The third-order valence-corrected chi connectivity index (χ3v) is 3.29. The molecule has 0 aliphatic carbocycles. The molecule has 0 aliphatic heterocycles. The Hall–Kier alpha value is -1.71. The zero-order chi connectivity index (χ0) is 14.6. The summed E-state index contributed by atoms with van der Waals surface area (Å²) in [5.41, 5.74) is 8.49. The van der Waals surface area contributed by atoms with Crippen molar-refractivity contribution in [3.05, 3.63) is 23.3 Å². The standard InChI is InChI=1S/C15H24N2O2/c1-6-17(7-2)15(18)12(5)19-14-9-10(3)13(16)8-11(14)4/h8-9,12H,6-7,16H2,1-5H3. The Morgan fingerprint density at radius 3 is 2.37 bits per heavy atom. The fraction of sp³-hybridized carbons (Fsp3) is 0.533. The molecule has 0 aromatic heterocycles. The lowest BCUT2D eigenvalue weighted by molar-refractivity contribution is -0.137. The number of nitrogens with two attached hydrogens (primary N) is 1. The van der Waals surface area contributed by atoms with Crippen LogP contribution in [0.3, 0.4) is 0 Å². The number of hydrogen-bond donors (Lipinski definition) is 1. The number of benzene rings is 1. The molecule has 0 bridgehead atoms. The minimum atomic E-state index is -0.485. The van der Waals surface area contributed by atoms with Crippen LogP contribution in [0.5, 0.6) is 5.75 Å². The van der Waals surface area contributed by atoms with E-state index in [1.807, 2.05) is 39.8 Å². The molecule has 1 atom stereocenters. The highest BCUT2D eigenvalue weighted by atomic mass is 16.5. The van der Waals surface area contributed by atoms with Gasteiger partial charge in [-0.25, -0.2) is 0 Å². The van der Waals surface area contributed by atoms with Gasteiger partial charge in [0.1, 0.15) is 5.75 Å². The minimum Gasteiger partial charge on any atom is -0.481 e. The van der Waals surface area contributed by atoms with Crippen LogP contribution in [0.4, 0.5) is 5.69 Å². The molecule has 0 radical (unpaired) electrons. The molecule has 19 heavy (non-hydrogen) atoms. The lowest BCUT2D eigenvalue weighted by Crippen LogP contribution is -2.40. The Labute approximate surface area is 115 Å². The van der Waals surface area contributed by atoms with Crippen LogP contribution in [0.1, 0.15) is 31.9 Å². The summed E-state index contributed by atoms with van der Waals surface area (Å²) in [5.74, 6) is 0.735. The third kappa shape index (κ3) is 3.63. The number of anilines is 1. The van der Waals surface area contributed by atoms with E-state index in [-0.39, 0.29) is 5.91 Å². The maximum absolute atomic E-state index is 12.1. The molecule has 0 heterocycles. The molecule has 1 unspecified atom stereocenters. The van der Waals surface area contributed by atoms with E-state index >= 15 is 0 Å². The molecule has 0 fully saturated rings. The van der Waals surface area contributed by atoms with E-state index in [2.05, 4.69) is 0 Å². The second-order valence-corrected chi connectivity index (χ2v) is 4.74. The second-order valence-electron chi connectivity index (χ2n) is 4.74. The highest BCUT2D eigenvalue weighted by Crippen LogP contribution is 2.25. The second kappa shape index (κ2) is 6.45.